The van der Waals surface area contributed by atoms with Gasteiger partial charge in [-0.1, -0.05) is 40.9 Å². The van der Waals surface area contributed by atoms with Gasteiger partial charge in [0.25, 0.3) is 0 Å². The number of rotatable bonds is 2. The van der Waals surface area contributed by atoms with Gasteiger partial charge in [-0.05, 0) is 30.3 Å². The molecule has 0 aliphatic heterocycles. The zero-order valence-corrected chi connectivity index (χ0v) is 11.3. The molecule has 0 amide bonds. The molecule has 0 saturated carbocycles. The van der Waals surface area contributed by atoms with Crippen LogP contribution >= 0.6 is 34.8 Å². The number of esters is 1. The molecule has 0 aromatic heterocycles. The fraction of sp³-hybridized carbons (Fsp3) is 0. The van der Waals surface area contributed by atoms with Gasteiger partial charge in [0.15, 0.2) is 0 Å². The zero-order valence-electron chi connectivity index (χ0n) is 8.99. The van der Waals surface area contributed by atoms with Crippen LogP contribution in [0.1, 0.15) is 10.4 Å². The van der Waals surface area contributed by atoms with Crippen LogP contribution in [-0.2, 0) is 0 Å². The van der Waals surface area contributed by atoms with E-state index in [4.69, 9.17) is 39.5 Å². The summed E-state index contributed by atoms with van der Waals surface area (Å²) < 4.78 is 5.15. The van der Waals surface area contributed by atoms with Crippen LogP contribution in [0.15, 0.2) is 42.5 Å². The first-order valence-corrected chi connectivity index (χ1v) is 6.12. The van der Waals surface area contributed by atoms with Crippen LogP contribution in [-0.4, -0.2) is 5.97 Å². The molecule has 0 fully saturated rings. The Balaban J connectivity index is 2.18. The van der Waals surface area contributed by atoms with Gasteiger partial charge in [-0.2, -0.15) is 0 Å². The van der Waals surface area contributed by atoms with Gasteiger partial charge in [-0.3, -0.25) is 0 Å². The summed E-state index contributed by atoms with van der Waals surface area (Å²) in [5.41, 5.74) is 0.369. The second-order valence-electron chi connectivity index (χ2n) is 3.48. The van der Waals surface area contributed by atoms with Crippen molar-refractivity contribution >= 4 is 40.8 Å². The Morgan fingerprint density at radius 1 is 0.944 bits per heavy atom. The molecule has 0 spiro atoms. The third-order valence-electron chi connectivity index (χ3n) is 2.16. The summed E-state index contributed by atoms with van der Waals surface area (Å²) >= 11 is 17.4. The van der Waals surface area contributed by atoms with E-state index in [-0.39, 0.29) is 0 Å². The van der Waals surface area contributed by atoms with Crippen LogP contribution in [0.3, 0.4) is 0 Å². The Morgan fingerprint density at radius 2 is 1.72 bits per heavy atom. The molecule has 0 aliphatic carbocycles. The highest BCUT2D eigenvalue weighted by Crippen LogP contribution is 2.26. The van der Waals surface area contributed by atoms with Crippen molar-refractivity contribution in [1.82, 2.24) is 0 Å². The topological polar surface area (TPSA) is 26.3 Å². The Kier molecular flexibility index (Phi) is 4.12. The maximum atomic E-state index is 11.8. The molecule has 92 valence electrons. The normalized spacial score (nSPS) is 10.2. The summed E-state index contributed by atoms with van der Waals surface area (Å²) in [4.78, 5) is 11.8. The minimum atomic E-state index is -0.504. The lowest BCUT2D eigenvalue weighted by Crippen LogP contribution is -2.08. The molecule has 2 aromatic rings. The monoisotopic (exact) mass is 300 g/mol. The third-order valence-corrected chi connectivity index (χ3v) is 3.14. The lowest BCUT2D eigenvalue weighted by Gasteiger charge is -2.05. The fourth-order valence-electron chi connectivity index (χ4n) is 1.32. The Hall–Kier alpha value is -1.22. The number of carbonyl (C=O) groups is 1. The molecule has 0 bridgehead atoms. The number of hydrogen-bond acceptors (Lipinski definition) is 2. The largest absolute Gasteiger partial charge is 0.423 e. The molecule has 0 aliphatic rings. The predicted molar refractivity (Wildman–Crippen MR) is 72.9 cm³/mol. The first-order chi connectivity index (χ1) is 8.56. The molecule has 0 N–H and O–H groups in total. The molecule has 0 saturated heterocycles. The zero-order chi connectivity index (χ0) is 13.1. The van der Waals surface area contributed by atoms with Gasteiger partial charge in [0, 0.05) is 11.1 Å². The summed E-state index contributed by atoms with van der Waals surface area (Å²) in [6.07, 6.45) is 0. The highest BCUT2D eigenvalue weighted by molar-refractivity contribution is 6.42. The average molecular weight is 302 g/mol. The SMILES string of the molecule is O=C(Oc1ccc(Cl)c(Cl)c1)c1cccc(Cl)c1. The van der Waals surface area contributed by atoms with Crippen molar-refractivity contribution in [3.05, 3.63) is 63.1 Å². The Bertz CT molecular complexity index is 597. The second kappa shape index (κ2) is 5.61. The van der Waals surface area contributed by atoms with E-state index in [0.29, 0.717) is 26.4 Å². The van der Waals surface area contributed by atoms with Crippen LogP contribution in [0.2, 0.25) is 15.1 Å². The van der Waals surface area contributed by atoms with E-state index in [1.807, 2.05) is 0 Å². The molecule has 0 atom stereocenters. The number of halogens is 3. The van der Waals surface area contributed by atoms with E-state index in [1.54, 1.807) is 30.3 Å². The minimum absolute atomic E-state index is 0.327. The molecule has 2 aromatic carbocycles. The number of ether oxygens (including phenoxy) is 1. The van der Waals surface area contributed by atoms with Gasteiger partial charge in [-0.25, -0.2) is 4.79 Å². The van der Waals surface area contributed by atoms with Crippen LogP contribution < -0.4 is 4.74 Å². The summed E-state index contributed by atoms with van der Waals surface area (Å²) in [6, 6.07) is 11.1. The molecule has 2 rings (SSSR count). The second-order valence-corrected chi connectivity index (χ2v) is 4.73. The van der Waals surface area contributed by atoms with Crippen molar-refractivity contribution in [3.8, 4) is 5.75 Å². The van der Waals surface area contributed by atoms with Crippen molar-refractivity contribution in [3.63, 3.8) is 0 Å². The van der Waals surface area contributed by atoms with E-state index in [1.165, 1.54) is 12.1 Å². The van der Waals surface area contributed by atoms with Gasteiger partial charge in [0.05, 0.1) is 15.6 Å². The summed E-state index contributed by atoms with van der Waals surface area (Å²) in [7, 11) is 0. The number of carbonyl (C=O) groups excluding carboxylic acids is 1. The molecule has 0 radical (unpaired) electrons. The molecule has 2 nitrogen and oxygen atoms in total. The van der Waals surface area contributed by atoms with Crippen molar-refractivity contribution in [1.29, 1.82) is 0 Å². The van der Waals surface area contributed by atoms with E-state index < -0.39 is 5.97 Å². The highest BCUT2D eigenvalue weighted by Gasteiger charge is 2.10. The van der Waals surface area contributed by atoms with Crippen molar-refractivity contribution in [2.24, 2.45) is 0 Å². The molecule has 0 heterocycles. The molecule has 18 heavy (non-hydrogen) atoms. The van der Waals surface area contributed by atoms with E-state index in [9.17, 15) is 4.79 Å². The maximum absolute atomic E-state index is 11.8. The van der Waals surface area contributed by atoms with E-state index in [2.05, 4.69) is 0 Å². The quantitative estimate of drug-likeness (QED) is 0.584. The van der Waals surface area contributed by atoms with Crippen LogP contribution in [0.5, 0.6) is 5.75 Å². The van der Waals surface area contributed by atoms with Crippen molar-refractivity contribution in [2.45, 2.75) is 0 Å². The van der Waals surface area contributed by atoms with E-state index in [0.717, 1.165) is 0 Å². The van der Waals surface area contributed by atoms with E-state index >= 15 is 0 Å². The van der Waals surface area contributed by atoms with Crippen molar-refractivity contribution in [2.75, 3.05) is 0 Å². The summed E-state index contributed by atoms with van der Waals surface area (Å²) in [6.45, 7) is 0. The van der Waals surface area contributed by atoms with Gasteiger partial charge in [0.1, 0.15) is 5.75 Å². The highest BCUT2D eigenvalue weighted by atomic mass is 35.5. The fourth-order valence-corrected chi connectivity index (χ4v) is 1.80. The average Bonchev–Trinajstić information content (AvgIpc) is 2.34. The van der Waals surface area contributed by atoms with Gasteiger partial charge >= 0.3 is 5.97 Å². The van der Waals surface area contributed by atoms with Crippen LogP contribution in [0.4, 0.5) is 0 Å². The Labute approximate surface area is 119 Å². The minimum Gasteiger partial charge on any atom is -0.423 e. The standard InChI is InChI=1S/C13H7Cl3O2/c14-9-3-1-2-8(6-9)13(17)18-10-4-5-11(15)12(16)7-10/h1-7H. The van der Waals surface area contributed by atoms with Gasteiger partial charge in [0.2, 0.25) is 0 Å². The van der Waals surface area contributed by atoms with Gasteiger partial charge in [-0.15, -0.1) is 0 Å². The molecule has 5 heteroatoms. The number of hydrogen-bond donors (Lipinski definition) is 0. The van der Waals surface area contributed by atoms with Crippen LogP contribution in [0.25, 0.3) is 0 Å². The molecular formula is C13H7Cl3O2. The summed E-state index contributed by atoms with van der Waals surface area (Å²) in [5.74, 6) is -0.176. The summed E-state index contributed by atoms with van der Waals surface area (Å²) in [5, 5.41) is 1.20. The first-order valence-electron chi connectivity index (χ1n) is 4.99. The predicted octanol–water partition coefficient (Wildman–Crippen LogP) is 4.87. The molecule has 0 unspecified atom stereocenters. The first kappa shape index (κ1) is 13.2. The maximum Gasteiger partial charge on any atom is 0.343 e. The lowest BCUT2D eigenvalue weighted by molar-refractivity contribution is 0.0735. The third kappa shape index (κ3) is 3.16. The van der Waals surface area contributed by atoms with Crippen LogP contribution in [0, 0.1) is 0 Å². The van der Waals surface area contributed by atoms with Crippen molar-refractivity contribution < 1.29 is 9.53 Å². The smallest absolute Gasteiger partial charge is 0.343 e. The Morgan fingerprint density at radius 3 is 2.39 bits per heavy atom. The molecular weight excluding hydrogens is 294 g/mol. The number of benzene rings is 2. The lowest BCUT2D eigenvalue weighted by atomic mass is 10.2. The van der Waals surface area contributed by atoms with Gasteiger partial charge < -0.3 is 4.74 Å².